The Labute approximate surface area is 429 Å². The summed E-state index contributed by atoms with van der Waals surface area (Å²) in [7, 11) is -3.12. The van der Waals surface area contributed by atoms with Gasteiger partial charge in [-0.1, -0.05) is 77.9 Å². The Hall–Kier alpha value is -3.14. The van der Waals surface area contributed by atoms with Crippen molar-refractivity contribution in [3.05, 3.63) is 47.6 Å². The molecule has 1 saturated carbocycles. The first-order valence-electron chi connectivity index (χ1n) is 28.8. The molecule has 4 rings (SSSR count). The van der Waals surface area contributed by atoms with Crippen LogP contribution in [-0.4, -0.2) is 140 Å². The summed E-state index contributed by atoms with van der Waals surface area (Å²) in [5.74, 6) is -16.5. The Morgan fingerprint density at radius 3 is 2.31 bits per heavy atom. The van der Waals surface area contributed by atoms with Crippen LogP contribution in [0.1, 0.15) is 137 Å². The Balaban J connectivity index is 1.85. The number of nitrogens with zero attached hydrogens (tertiary/aromatic N) is 1. The molecule has 1 aliphatic carbocycles. The van der Waals surface area contributed by atoms with Gasteiger partial charge in [0.05, 0.1) is 28.5 Å². The molecule has 2 bridgehead atoms. The van der Waals surface area contributed by atoms with Crippen molar-refractivity contribution in [2.75, 3.05) is 41.1 Å². The van der Waals surface area contributed by atoms with Crippen LogP contribution in [0.2, 0.25) is 0 Å². The van der Waals surface area contributed by atoms with Crippen LogP contribution in [0.15, 0.2) is 47.6 Å². The molecule has 1 amide bonds. The minimum Gasteiger partial charge on any atom is -0.460 e. The Kier molecular flexibility index (Phi) is 18.2. The Morgan fingerprint density at radius 2 is 1.66 bits per heavy atom. The molecule has 2 N–H and O–H groups in total. The van der Waals surface area contributed by atoms with Crippen LogP contribution in [0, 0.1) is 41.4 Å². The first-order chi connectivity index (χ1) is 35.9. The number of methoxy groups -OCH3 is 3. The molecule has 3 aliphatic heterocycles. The number of carbonyl (C=O) groups excluding carboxylic acids is 5. The highest BCUT2D eigenvalue weighted by atomic mass is 31.2. The van der Waals surface area contributed by atoms with Crippen molar-refractivity contribution in [1.82, 2.24) is 4.90 Å². The number of aliphatic hydroxyl groups excluding tert-OH is 1. The summed E-state index contributed by atoms with van der Waals surface area (Å²) in [6, 6.07) is -1.38. The van der Waals surface area contributed by atoms with Gasteiger partial charge < -0.3 is 43.3 Å². The molecule has 1 unspecified atom stereocenters. The van der Waals surface area contributed by atoms with E-state index in [4.69, 9.17) is 36.4 Å². The summed E-state index contributed by atoms with van der Waals surface area (Å²) >= 11 is 0. The van der Waals surface area contributed by atoms with Crippen molar-refractivity contribution in [2.45, 2.75) is 181 Å². The van der Waals surface area contributed by atoms with Crippen molar-refractivity contribution in [3.63, 3.8) is 0 Å². The van der Waals surface area contributed by atoms with Crippen molar-refractivity contribution < 1.29 is 77.9 Å². The number of cyclic esters (lactones) is 1. The zero-order valence-corrected chi connectivity index (χ0v) is 44.0. The maximum absolute atomic E-state index is 14.6. The minimum absolute atomic E-state index is 0.0305. The van der Waals surface area contributed by atoms with Crippen LogP contribution >= 0.6 is 7.37 Å². The third-order valence-electron chi connectivity index (χ3n) is 14.8. The second kappa shape index (κ2) is 26.7. The van der Waals surface area contributed by atoms with Gasteiger partial charge in [0.2, 0.25) is 5.79 Å². The number of aliphatic hydroxyl groups is 2. The third kappa shape index (κ3) is 15.7. The van der Waals surface area contributed by atoms with Gasteiger partial charge >= 0.3 is 5.97 Å². The van der Waals surface area contributed by atoms with E-state index in [1.165, 1.54) is 79.4 Å². The molecule has 3 fully saturated rings. The number of Topliss-reactive ketones (excluding diaryl/α,β-unsaturated/α-hetero) is 3. The van der Waals surface area contributed by atoms with Crippen LogP contribution in [0.25, 0.3) is 0 Å². The number of fused-ring (bicyclic) bond motifs is 3. The maximum Gasteiger partial charge on any atom is 0.329 e. The molecule has 396 valence electrons. The van der Waals surface area contributed by atoms with Gasteiger partial charge in [0, 0.05) is 78.6 Å². The number of hydrogen-bond acceptors (Lipinski definition) is 14. The average molecular weight is 1010 g/mol. The second-order valence-corrected chi connectivity index (χ2v) is 23.2. The van der Waals surface area contributed by atoms with Crippen LogP contribution in [-0.2, 0) is 56.7 Å². The third-order valence-corrected chi connectivity index (χ3v) is 15.6. The number of ketones is 3. The highest BCUT2D eigenvalue weighted by Gasteiger charge is 2.53. The predicted octanol–water partition coefficient (Wildman–Crippen LogP) is 7.99. The van der Waals surface area contributed by atoms with Gasteiger partial charge in [-0.25, -0.2) is 4.79 Å². The molecule has 0 radical (unpaired) electrons. The molecule has 0 aromatic carbocycles. The van der Waals surface area contributed by atoms with Crippen molar-refractivity contribution in [3.8, 4) is 0 Å². The van der Waals surface area contributed by atoms with Crippen LogP contribution in [0.4, 0.5) is 0 Å². The number of amides is 1. The van der Waals surface area contributed by atoms with Crippen molar-refractivity contribution >= 4 is 36.6 Å². The number of esters is 1. The molecule has 70 heavy (non-hydrogen) atoms. The van der Waals surface area contributed by atoms with Crippen LogP contribution in [0.3, 0.4) is 0 Å². The zero-order chi connectivity index (χ0) is 59.1. The summed E-state index contributed by atoms with van der Waals surface area (Å²) in [4.78, 5) is 73.4. The zero-order valence-electron chi connectivity index (χ0n) is 51.1. The maximum atomic E-state index is 14.6. The smallest absolute Gasteiger partial charge is 0.329 e. The number of carbonyl (C=O) groups is 5. The minimum atomic E-state index is -3.03. The number of allylic oxidation sites excluding steroid dienone is 6. The van der Waals surface area contributed by atoms with Gasteiger partial charge in [0.25, 0.3) is 11.7 Å². The average Bonchev–Trinajstić information content (AvgIpc) is 3.35. The number of hydrogen-bond donors (Lipinski definition) is 2. The summed E-state index contributed by atoms with van der Waals surface area (Å²) in [6.45, 7) is 10.3. The van der Waals surface area contributed by atoms with Gasteiger partial charge in [-0.05, 0) is 106 Å². The number of ether oxygens (including phenoxy) is 5. The summed E-state index contributed by atoms with van der Waals surface area (Å²) in [5, 5.41) is 23.8. The molecule has 0 aromatic heterocycles. The highest BCUT2D eigenvalue weighted by molar-refractivity contribution is 7.57. The fourth-order valence-corrected chi connectivity index (χ4v) is 11.0. The highest BCUT2D eigenvalue weighted by Crippen LogP contribution is 2.45. The SMILES string of the molecule is [2H]C([2H])([2H])O[C@H]1C[C@@H]2CC[C@@H](C)[C@@](O)(O2)C(=O)C(=O)N2CCCC[C@H]2C(=O)O[C@H]([C@H](C)C[C@@H]2CC[C@@H](OP(C)(C)=O)[C@H](OC)C2)CC(=O)[C@H](C([2H])([2H])[2H])/C=C(\C)[C@@H](O)[C@@H](OC)C(=O)[C@H](C)C([2H])(C)[C@]([2H])(C)/C=C/C=C/C=C/1C. The summed E-state index contributed by atoms with van der Waals surface area (Å²) in [5.41, 5.74) is 0.275. The lowest BCUT2D eigenvalue weighted by Crippen LogP contribution is -2.61. The van der Waals surface area contributed by atoms with E-state index < -0.39 is 147 Å². The quantitative estimate of drug-likeness (QED) is 0.103. The fraction of sp³-hybridized carbons (Fsp3) is 0.759. The lowest BCUT2D eigenvalue weighted by Gasteiger charge is -2.42. The van der Waals surface area contributed by atoms with Gasteiger partial charge in [-0.15, -0.1) is 0 Å². The molecule has 0 spiro atoms. The molecule has 16 heteroatoms. The van der Waals surface area contributed by atoms with E-state index >= 15 is 0 Å². The first kappa shape index (κ1) is 47.8. The van der Waals surface area contributed by atoms with Crippen molar-refractivity contribution in [2.24, 2.45) is 41.4 Å². The fourth-order valence-electron chi connectivity index (χ4n) is 10.1. The van der Waals surface area contributed by atoms with Crippen LogP contribution < -0.4 is 0 Å². The summed E-state index contributed by atoms with van der Waals surface area (Å²) < 4.78 is 115. The summed E-state index contributed by atoms with van der Waals surface area (Å²) in [6.07, 6.45) is 2.91. The monoisotopic (exact) mass is 1010 g/mol. The van der Waals surface area contributed by atoms with E-state index in [0.717, 1.165) is 18.1 Å². The number of rotatable bonds is 8. The molecule has 3 heterocycles. The van der Waals surface area contributed by atoms with Gasteiger partial charge in [0.15, 0.2) is 13.2 Å². The van der Waals surface area contributed by atoms with Crippen LogP contribution in [0.5, 0.6) is 0 Å². The van der Waals surface area contributed by atoms with Gasteiger partial charge in [-0.2, -0.15) is 0 Å². The first-order valence-corrected chi connectivity index (χ1v) is 27.3. The Bertz CT molecular complexity index is 2300. The molecule has 15 nitrogen and oxygen atoms in total. The molecule has 4 aliphatic rings. The number of piperidine rings is 1. The van der Waals surface area contributed by atoms with E-state index in [-0.39, 0.29) is 43.7 Å². The lowest BCUT2D eigenvalue weighted by atomic mass is 9.78. The van der Waals surface area contributed by atoms with E-state index in [2.05, 4.69) is 0 Å². The van der Waals surface area contributed by atoms with Crippen molar-refractivity contribution in [1.29, 1.82) is 0 Å². The van der Waals surface area contributed by atoms with Gasteiger partial charge in [0.1, 0.15) is 30.1 Å². The normalized spacial score (nSPS) is 43.8. The largest absolute Gasteiger partial charge is 0.460 e. The lowest BCUT2D eigenvalue weighted by molar-refractivity contribution is -0.265. The Morgan fingerprint density at radius 1 is 0.929 bits per heavy atom. The van der Waals surface area contributed by atoms with E-state index in [0.29, 0.717) is 44.1 Å². The van der Waals surface area contributed by atoms with E-state index in [9.17, 15) is 41.5 Å². The van der Waals surface area contributed by atoms with E-state index in [1.54, 1.807) is 19.9 Å². The standard InChI is InChI=1S/C54H86NO14P/c1-32-19-15-14-16-20-33(2)45(64-9)30-41-24-22-37(6)54(62,68-41)51(59)52(60)55-26-18-17-21-42(55)53(61)67-46(35(4)28-40-23-25-44(47(29-40)65-10)69-70(12,13)63)31-43(56)34(3)27-36(5)48(57)50(66-11)49(58)39(8)38(32)7/h14-16,19-20,27,32,34-35,37-42,44-48,50,57,62H,17-18,21-26,28-31H2,1-13H3/b16-14+,19-15+,33-20+,36-27+/t32-,34-,35-,37-,38?,39-,40+,41+,42+,44-,45+,46+,47-,48-,50-,54-/m1/s1/i3D3,9D3,32D,38D. The molecular weight excluding hydrogens is 918 g/mol. The molecule has 2 saturated heterocycles. The van der Waals surface area contributed by atoms with E-state index in [1.807, 2.05) is 0 Å². The molecule has 0 aromatic rings. The second-order valence-electron chi connectivity index (χ2n) is 20.4. The topological polar surface area (TPSA) is 201 Å². The van der Waals surface area contributed by atoms with Gasteiger partial charge in [-0.3, -0.25) is 23.7 Å². The molecule has 16 atom stereocenters. The predicted molar refractivity (Wildman–Crippen MR) is 268 cm³/mol. The molecular formula is C54H86NO14P.